The number of aryl methyl sites for hydroxylation is 1. The van der Waals surface area contributed by atoms with Crippen LogP contribution in [-0.2, 0) is 6.42 Å². The molecule has 0 saturated heterocycles. The third-order valence-electron chi connectivity index (χ3n) is 3.61. The van der Waals surface area contributed by atoms with Crippen LogP contribution in [0.1, 0.15) is 16.0 Å². The molecule has 0 radical (unpaired) electrons. The Labute approximate surface area is 130 Å². The van der Waals surface area contributed by atoms with Crippen LogP contribution in [-0.4, -0.2) is 0 Å². The number of rotatable bonds is 2. The lowest BCUT2D eigenvalue weighted by molar-refractivity contribution is 1.19. The first-order valence-electron chi connectivity index (χ1n) is 7.17. The van der Waals surface area contributed by atoms with Crippen LogP contribution in [0.5, 0.6) is 0 Å². The molecule has 0 aliphatic carbocycles. The quantitative estimate of drug-likeness (QED) is 0.549. The predicted molar refractivity (Wildman–Crippen MR) is 93.4 cm³/mol. The smallest absolute Gasteiger partial charge is 0.00492 e. The average Bonchev–Trinajstić information content (AvgIpc) is 2.61. The molecule has 0 N–H and O–H groups in total. The number of benzene rings is 2. The van der Waals surface area contributed by atoms with Crippen molar-refractivity contribution in [2.45, 2.75) is 13.3 Å². The summed E-state index contributed by atoms with van der Waals surface area (Å²) in [6.07, 6.45) is 0.974. The van der Waals surface area contributed by atoms with Gasteiger partial charge >= 0.3 is 0 Å². The second-order valence-corrected chi connectivity index (χ2v) is 6.25. The van der Waals surface area contributed by atoms with E-state index in [4.69, 9.17) is 0 Å². The van der Waals surface area contributed by atoms with Gasteiger partial charge in [-0.2, -0.15) is 0 Å². The van der Waals surface area contributed by atoms with Crippen molar-refractivity contribution in [1.29, 1.82) is 0 Å². The molecule has 104 valence electrons. The van der Waals surface area contributed by atoms with E-state index in [0.29, 0.717) is 0 Å². The highest BCUT2D eigenvalue weighted by Crippen LogP contribution is 2.20. The average molecular weight is 290 g/mol. The van der Waals surface area contributed by atoms with Crippen LogP contribution < -0.4 is 0 Å². The monoisotopic (exact) mass is 290 g/mol. The summed E-state index contributed by atoms with van der Waals surface area (Å²) in [5, 5.41) is 4.75. The van der Waals surface area contributed by atoms with Crippen molar-refractivity contribution in [1.82, 2.24) is 0 Å². The van der Waals surface area contributed by atoms with Gasteiger partial charge in [0.05, 0.1) is 0 Å². The summed E-state index contributed by atoms with van der Waals surface area (Å²) in [4.78, 5) is 1.36. The molecule has 2 aromatic carbocycles. The van der Waals surface area contributed by atoms with Gasteiger partial charge < -0.3 is 0 Å². The minimum absolute atomic E-state index is 0.974. The fraction of sp³-hybridized carbons (Fsp3) is 0.100. The van der Waals surface area contributed by atoms with E-state index in [0.717, 1.165) is 6.42 Å². The fourth-order valence-electron chi connectivity index (χ4n) is 2.43. The lowest BCUT2D eigenvalue weighted by atomic mass is 10.0. The van der Waals surface area contributed by atoms with Gasteiger partial charge in [0.2, 0.25) is 0 Å². The highest BCUT2D eigenvalue weighted by molar-refractivity contribution is 7.09. The molecule has 1 heteroatoms. The molecule has 0 bridgehead atoms. The van der Waals surface area contributed by atoms with Gasteiger partial charge in [-0.15, -0.1) is 11.3 Å². The van der Waals surface area contributed by atoms with Crippen molar-refractivity contribution < 1.29 is 0 Å². The summed E-state index contributed by atoms with van der Waals surface area (Å²) < 4.78 is 0. The van der Waals surface area contributed by atoms with Gasteiger partial charge in [0.15, 0.2) is 0 Å². The van der Waals surface area contributed by atoms with E-state index < -0.39 is 0 Å². The zero-order valence-corrected chi connectivity index (χ0v) is 12.9. The molecule has 0 unspecified atom stereocenters. The highest BCUT2D eigenvalue weighted by atomic mass is 32.1. The Bertz CT molecular complexity index is 797. The maximum Gasteiger partial charge on any atom is 0.00492 e. The molecule has 0 aliphatic rings. The molecular formula is C20H18S. The van der Waals surface area contributed by atoms with Gasteiger partial charge in [-0.05, 0) is 40.6 Å². The molecule has 3 rings (SSSR count). The largest absolute Gasteiger partial charge is 0.149 e. The number of hydrogen-bond acceptors (Lipinski definition) is 1. The molecule has 3 aromatic rings. The van der Waals surface area contributed by atoms with Gasteiger partial charge in [-0.3, -0.25) is 0 Å². The molecule has 0 amide bonds. The van der Waals surface area contributed by atoms with E-state index in [2.05, 4.69) is 85.1 Å². The Morgan fingerprint density at radius 1 is 0.762 bits per heavy atom. The Kier molecular flexibility index (Phi) is 4.32. The van der Waals surface area contributed by atoms with Crippen molar-refractivity contribution in [2.24, 2.45) is 0 Å². The molecule has 0 atom stereocenters. The molecule has 0 saturated carbocycles. The summed E-state index contributed by atoms with van der Waals surface area (Å²) >= 11 is 1.79. The molecule has 1 aromatic heterocycles. The van der Waals surface area contributed by atoms with Gasteiger partial charge in [-0.25, -0.2) is 0 Å². The third-order valence-corrected chi connectivity index (χ3v) is 4.52. The molecule has 0 nitrogen and oxygen atoms in total. The van der Waals surface area contributed by atoms with Gasteiger partial charge in [-0.1, -0.05) is 72.8 Å². The predicted octanol–water partition coefficient (Wildman–Crippen LogP) is 5.92. The van der Waals surface area contributed by atoms with Crippen LogP contribution in [0.15, 0.2) is 78.2 Å². The Morgan fingerprint density at radius 3 is 2.43 bits per heavy atom. The first-order valence-corrected chi connectivity index (χ1v) is 8.05. The van der Waals surface area contributed by atoms with E-state index in [9.17, 15) is 0 Å². The molecular weight excluding hydrogens is 272 g/mol. The normalized spacial score (nSPS) is 10.3. The fourth-order valence-corrected chi connectivity index (χ4v) is 3.10. The standard InChI is InChI=1S/C20H18S/c1-16-19(9-4-2-3-7-13-21-16)14-17-11-12-18-8-5-6-10-20(18)15-17/h2-13,15H,14H2,1H3. The van der Waals surface area contributed by atoms with E-state index in [1.807, 2.05) is 0 Å². The van der Waals surface area contributed by atoms with Crippen LogP contribution in [0, 0.1) is 6.92 Å². The van der Waals surface area contributed by atoms with Crippen molar-refractivity contribution in [3.05, 3.63) is 94.2 Å². The van der Waals surface area contributed by atoms with E-state index in [1.54, 1.807) is 11.3 Å². The van der Waals surface area contributed by atoms with E-state index in [-0.39, 0.29) is 0 Å². The Hall–Kier alpha value is -2.12. The maximum atomic E-state index is 2.30. The van der Waals surface area contributed by atoms with Crippen molar-refractivity contribution in [3.8, 4) is 0 Å². The van der Waals surface area contributed by atoms with Crippen LogP contribution in [0.25, 0.3) is 10.8 Å². The van der Waals surface area contributed by atoms with Crippen LogP contribution >= 0.6 is 11.3 Å². The van der Waals surface area contributed by atoms with Gasteiger partial charge in [0, 0.05) is 4.88 Å². The van der Waals surface area contributed by atoms with Gasteiger partial charge in [0.25, 0.3) is 0 Å². The summed E-state index contributed by atoms with van der Waals surface area (Å²) in [6, 6.07) is 25.8. The second kappa shape index (κ2) is 6.55. The Balaban J connectivity index is 2.01. The third kappa shape index (κ3) is 3.50. The second-order valence-electron chi connectivity index (χ2n) is 5.13. The molecule has 0 fully saturated rings. The van der Waals surface area contributed by atoms with Gasteiger partial charge in [0.1, 0.15) is 0 Å². The minimum atomic E-state index is 0.974. The molecule has 0 spiro atoms. The Morgan fingerprint density at radius 2 is 1.52 bits per heavy atom. The van der Waals surface area contributed by atoms with Crippen molar-refractivity contribution in [2.75, 3.05) is 0 Å². The van der Waals surface area contributed by atoms with Crippen LogP contribution in [0.2, 0.25) is 0 Å². The van der Waals surface area contributed by atoms with E-state index >= 15 is 0 Å². The summed E-state index contributed by atoms with van der Waals surface area (Å²) in [7, 11) is 0. The lowest BCUT2D eigenvalue weighted by Gasteiger charge is -2.05. The summed E-state index contributed by atoms with van der Waals surface area (Å²) in [5.41, 5.74) is 2.74. The van der Waals surface area contributed by atoms with E-state index in [1.165, 1.54) is 26.8 Å². The molecule has 0 aliphatic heterocycles. The summed E-state index contributed by atoms with van der Waals surface area (Å²) in [6.45, 7) is 2.20. The first kappa shape index (κ1) is 13.8. The van der Waals surface area contributed by atoms with Crippen LogP contribution in [0.4, 0.5) is 0 Å². The number of fused-ring (bicyclic) bond motifs is 1. The first-order chi connectivity index (χ1) is 10.3. The SMILES string of the molecule is Cc1sccccccc1Cc1ccc2ccccc2c1. The van der Waals surface area contributed by atoms with Crippen molar-refractivity contribution >= 4 is 22.1 Å². The number of hydrogen-bond donors (Lipinski definition) is 0. The van der Waals surface area contributed by atoms with Crippen LogP contribution in [0.3, 0.4) is 0 Å². The molecule has 1 heterocycles. The molecule has 21 heavy (non-hydrogen) atoms. The lowest BCUT2D eigenvalue weighted by Crippen LogP contribution is -1.89. The van der Waals surface area contributed by atoms with Crippen molar-refractivity contribution in [3.63, 3.8) is 0 Å². The minimum Gasteiger partial charge on any atom is -0.149 e. The maximum absolute atomic E-state index is 2.30. The zero-order valence-electron chi connectivity index (χ0n) is 12.1. The zero-order chi connectivity index (χ0) is 14.5. The summed E-state index contributed by atoms with van der Waals surface area (Å²) in [5.74, 6) is 0. The highest BCUT2D eigenvalue weighted by Gasteiger charge is 2.00. The topological polar surface area (TPSA) is 0 Å².